The zero-order valence-electron chi connectivity index (χ0n) is 35.1. The van der Waals surface area contributed by atoms with E-state index in [1.165, 1.54) is 16.7 Å². The summed E-state index contributed by atoms with van der Waals surface area (Å²) < 4.78 is 0. The minimum Gasteiger partial charge on any atom is -0.446 e. The van der Waals surface area contributed by atoms with Gasteiger partial charge in [-0.05, 0) is 58.2 Å². The smallest absolute Gasteiger partial charge is 0.0925 e. The number of hydrogen-bond acceptors (Lipinski definition) is 6. The van der Waals surface area contributed by atoms with Crippen LogP contribution in [-0.2, 0) is 98.1 Å². The predicted octanol–water partition coefficient (Wildman–Crippen LogP) is 11.6. The Morgan fingerprint density at radius 3 is 0.796 bits per heavy atom. The molecule has 9 heteroatoms. The van der Waals surface area contributed by atoms with Crippen molar-refractivity contribution in [2.75, 3.05) is 0 Å². The Labute approximate surface area is 405 Å². The second kappa shape index (κ2) is 34.8. The van der Waals surface area contributed by atoms with Gasteiger partial charge in [0.2, 0.25) is 0 Å². The van der Waals surface area contributed by atoms with Crippen molar-refractivity contribution in [2.24, 2.45) is 15.0 Å². The molecular formula is C45H63N6Y3-3. The van der Waals surface area contributed by atoms with Crippen LogP contribution in [0.25, 0.3) is 0 Å². The maximum Gasteiger partial charge on any atom is 0.0925 e. The molecule has 0 spiro atoms. The second-order valence-corrected chi connectivity index (χ2v) is 10.9. The van der Waals surface area contributed by atoms with Crippen molar-refractivity contribution in [2.45, 2.75) is 120 Å². The molecule has 0 fully saturated rings. The molecule has 3 atom stereocenters. The molecule has 0 aromatic heterocycles. The van der Waals surface area contributed by atoms with Gasteiger partial charge in [-0.1, -0.05) is 170 Å². The van der Waals surface area contributed by atoms with E-state index < -0.39 is 0 Å². The molecule has 6 nitrogen and oxygen atoms in total. The van der Waals surface area contributed by atoms with Crippen molar-refractivity contribution in [3.8, 4) is 0 Å². The normalized spacial score (nSPS) is 17.2. The number of hydrogen-bond donors (Lipinski definition) is 3. The number of amidine groups is 3. The summed E-state index contributed by atoms with van der Waals surface area (Å²) in [6.45, 7) is 24.3. The van der Waals surface area contributed by atoms with Gasteiger partial charge in [-0.3, -0.25) is 15.0 Å². The molecule has 3 aromatic carbocycles. The predicted molar refractivity (Wildman–Crippen MR) is 221 cm³/mol. The van der Waals surface area contributed by atoms with Gasteiger partial charge in [0.15, 0.2) is 0 Å². The van der Waals surface area contributed by atoms with Crippen LogP contribution >= 0.6 is 0 Å². The number of allylic oxidation sites excluding steroid dienone is 3. The maximum atomic E-state index is 4.52. The molecule has 54 heavy (non-hydrogen) atoms. The van der Waals surface area contributed by atoms with E-state index in [9.17, 15) is 0 Å². The van der Waals surface area contributed by atoms with Crippen LogP contribution in [0, 0.1) is 18.2 Å². The van der Waals surface area contributed by atoms with Gasteiger partial charge in [0.05, 0.1) is 17.5 Å². The fourth-order valence-corrected chi connectivity index (χ4v) is 4.98. The Morgan fingerprint density at radius 2 is 0.611 bits per heavy atom. The fourth-order valence-electron chi connectivity index (χ4n) is 4.98. The van der Waals surface area contributed by atoms with Gasteiger partial charge in [0.25, 0.3) is 0 Å². The van der Waals surface area contributed by atoms with E-state index in [0.29, 0.717) is 0 Å². The Morgan fingerprint density at radius 1 is 0.407 bits per heavy atom. The van der Waals surface area contributed by atoms with E-state index >= 15 is 0 Å². The first-order chi connectivity index (χ1) is 24.9. The van der Waals surface area contributed by atoms with Gasteiger partial charge >= 0.3 is 0 Å². The van der Waals surface area contributed by atoms with E-state index in [1.807, 2.05) is 117 Å². The summed E-state index contributed by atoms with van der Waals surface area (Å²) >= 11 is 0. The van der Waals surface area contributed by atoms with Crippen LogP contribution in [0.1, 0.15) is 137 Å². The number of rotatable bonds is 6. The third kappa shape index (κ3) is 21.2. The van der Waals surface area contributed by atoms with Crippen LogP contribution in [0.3, 0.4) is 0 Å². The molecule has 3 aliphatic rings. The minimum atomic E-state index is 0. The van der Waals surface area contributed by atoms with Gasteiger partial charge in [0, 0.05) is 98.1 Å². The van der Waals surface area contributed by atoms with Crippen molar-refractivity contribution in [1.29, 1.82) is 0 Å². The fraction of sp³-hybridized carbons (Fsp3) is 0.400. The average molecular weight is 955 g/mol. The van der Waals surface area contributed by atoms with Gasteiger partial charge in [0.1, 0.15) is 0 Å². The number of aliphatic imine (C=N–C) groups is 3. The first-order valence-electron chi connectivity index (χ1n) is 18.8. The molecule has 0 bridgehead atoms. The summed E-state index contributed by atoms with van der Waals surface area (Å²) in [5.41, 5.74) is 7.00. The van der Waals surface area contributed by atoms with E-state index in [-0.39, 0.29) is 116 Å². The third-order valence-electron chi connectivity index (χ3n) is 7.30. The molecule has 285 valence electrons. The van der Waals surface area contributed by atoms with E-state index in [2.05, 4.69) is 106 Å². The first kappa shape index (κ1) is 56.9. The molecule has 3 aromatic rings. The van der Waals surface area contributed by atoms with Crippen LogP contribution in [0.5, 0.6) is 0 Å². The van der Waals surface area contributed by atoms with Gasteiger partial charge < -0.3 is 34.2 Å². The summed E-state index contributed by atoms with van der Waals surface area (Å²) in [4.78, 5) is 13.6. The molecule has 0 amide bonds. The summed E-state index contributed by atoms with van der Waals surface area (Å²) in [5.74, 6) is 2.92. The summed E-state index contributed by atoms with van der Waals surface area (Å²) in [5, 5.41) is 9.66. The van der Waals surface area contributed by atoms with Crippen molar-refractivity contribution in [1.82, 2.24) is 16.0 Å². The molecule has 3 radical (unpaired) electrons. The number of benzene rings is 3. The Bertz CT molecular complexity index is 1380. The van der Waals surface area contributed by atoms with Crippen LogP contribution in [-0.4, -0.2) is 17.5 Å². The molecule has 0 aliphatic carbocycles. The quantitative estimate of drug-likeness (QED) is 0.216. The van der Waals surface area contributed by atoms with E-state index in [1.54, 1.807) is 0 Å². The Balaban J connectivity index is -0.000000657. The van der Waals surface area contributed by atoms with Crippen LogP contribution < -0.4 is 16.0 Å². The van der Waals surface area contributed by atoms with Crippen molar-refractivity contribution in [3.63, 3.8) is 0 Å². The first-order valence-corrected chi connectivity index (χ1v) is 18.8. The SMILES string of the molecule is CC.CC.CC.CCC1=[C-]C(c2ccccc2)N=C(C)N1.CCC1=[C-]C(c2ccccc2)N=C(C)N1.CCC1=[C-]C(c2ccccc2)N=C(C)N1.[Y].[Y].[Y]. The number of nitrogens with one attached hydrogen (secondary N) is 3. The molecule has 3 heterocycles. The molecule has 3 N–H and O–H groups in total. The summed E-state index contributed by atoms with van der Waals surface area (Å²) in [6, 6.07) is 31.0. The standard InChI is InChI=1S/3C13H15N2.3C2H6.3Y/c3*1-3-12-9-13(15-10(2)14-12)11-7-5-4-6-8-11;3*1-2;;;/h3*4-8,13H,3H2,1-2H3,(H,14,15);3*1-2H3;;;/q3*-1;;;;;;. The van der Waals surface area contributed by atoms with E-state index in [0.717, 1.165) is 53.9 Å². The van der Waals surface area contributed by atoms with Gasteiger partial charge in [-0.15, -0.1) is 0 Å². The number of nitrogens with zero attached hydrogens (tertiary/aromatic N) is 3. The van der Waals surface area contributed by atoms with Crippen LogP contribution in [0.4, 0.5) is 0 Å². The van der Waals surface area contributed by atoms with Crippen molar-refractivity contribution < 1.29 is 98.1 Å². The monoisotopic (exact) mass is 954 g/mol. The largest absolute Gasteiger partial charge is 0.446 e. The van der Waals surface area contributed by atoms with Crippen molar-refractivity contribution >= 4 is 17.5 Å². The maximum absolute atomic E-state index is 4.52. The van der Waals surface area contributed by atoms with Gasteiger partial charge in [-0.25, -0.2) is 0 Å². The molecule has 6 rings (SSSR count). The molecule has 3 aliphatic heterocycles. The molecule has 0 saturated carbocycles. The zero-order chi connectivity index (χ0) is 38.0. The Kier molecular flexibility index (Phi) is 36.7. The molecular weight excluding hydrogens is 891 g/mol. The molecule has 3 unspecified atom stereocenters. The average Bonchev–Trinajstić information content (AvgIpc) is 3.21. The van der Waals surface area contributed by atoms with Crippen molar-refractivity contribution in [3.05, 3.63) is 143 Å². The second-order valence-electron chi connectivity index (χ2n) is 10.9. The zero-order valence-corrected chi connectivity index (χ0v) is 43.6. The Hall–Kier alpha value is -1.40. The van der Waals surface area contributed by atoms with Crippen LogP contribution in [0.2, 0.25) is 0 Å². The van der Waals surface area contributed by atoms with Crippen LogP contribution in [0.15, 0.2) is 123 Å². The van der Waals surface area contributed by atoms with Gasteiger partial charge in [-0.2, -0.15) is 17.1 Å². The van der Waals surface area contributed by atoms with E-state index in [4.69, 9.17) is 0 Å². The molecule has 0 saturated heterocycles. The topological polar surface area (TPSA) is 73.2 Å². The summed E-state index contributed by atoms with van der Waals surface area (Å²) in [6.07, 6.45) is 13.0. The summed E-state index contributed by atoms with van der Waals surface area (Å²) in [7, 11) is 0. The third-order valence-corrected chi connectivity index (χ3v) is 7.30. The minimum absolute atomic E-state index is 0.